The third-order valence-electron chi connectivity index (χ3n) is 3.30. The molecule has 4 nitrogen and oxygen atoms in total. The molecule has 3 N–H and O–H groups in total. The number of nitrogens with one attached hydrogen (secondary N) is 1. The lowest BCUT2D eigenvalue weighted by atomic mass is 10.0. The monoisotopic (exact) mass is 315 g/mol. The molecule has 6 heteroatoms. The highest BCUT2D eigenvalue weighted by Crippen LogP contribution is 2.00. The topological polar surface area (TPSA) is 58.4 Å². The molecule has 0 rings (SSSR count). The number of halogens is 2. The molecule has 0 heterocycles. The van der Waals surface area contributed by atoms with Crippen molar-refractivity contribution in [1.82, 2.24) is 10.2 Å². The van der Waals surface area contributed by atoms with Gasteiger partial charge in [0.25, 0.3) is 0 Å². The standard InChI is InChI=1S/C13H29N3O.2ClH/c1-5-16(6-2)10-8-7-9-15-13(17)11(3)12(4)14;;/h11-12H,5-10,14H2,1-4H3,(H,15,17);2*1H. The lowest BCUT2D eigenvalue weighted by Crippen LogP contribution is -2.39. The SMILES string of the molecule is CCN(CC)CCCCNC(=O)C(C)C(C)N.Cl.Cl. The fraction of sp³-hybridized carbons (Fsp3) is 0.923. The van der Waals surface area contributed by atoms with Gasteiger partial charge >= 0.3 is 0 Å². The van der Waals surface area contributed by atoms with Crippen LogP contribution in [0.15, 0.2) is 0 Å². The van der Waals surface area contributed by atoms with Crippen molar-refractivity contribution in [3.8, 4) is 0 Å². The lowest BCUT2D eigenvalue weighted by molar-refractivity contribution is -0.124. The molecule has 0 fully saturated rings. The van der Waals surface area contributed by atoms with Crippen LogP contribution in [0, 0.1) is 5.92 Å². The molecule has 0 saturated carbocycles. The van der Waals surface area contributed by atoms with E-state index in [0.29, 0.717) is 0 Å². The maximum absolute atomic E-state index is 11.6. The molecule has 118 valence electrons. The Morgan fingerprint density at radius 2 is 1.68 bits per heavy atom. The Morgan fingerprint density at radius 3 is 2.11 bits per heavy atom. The quantitative estimate of drug-likeness (QED) is 0.640. The first-order chi connectivity index (χ1) is 8.02. The van der Waals surface area contributed by atoms with Crippen molar-refractivity contribution >= 4 is 30.7 Å². The van der Waals surface area contributed by atoms with Crippen LogP contribution < -0.4 is 11.1 Å². The third kappa shape index (κ3) is 11.5. The molecule has 0 spiro atoms. The number of rotatable bonds is 9. The van der Waals surface area contributed by atoms with Gasteiger partial charge in [-0.2, -0.15) is 0 Å². The molecule has 0 radical (unpaired) electrons. The summed E-state index contributed by atoms with van der Waals surface area (Å²) in [4.78, 5) is 14.0. The molecule has 0 saturated heterocycles. The summed E-state index contributed by atoms with van der Waals surface area (Å²) in [5.41, 5.74) is 5.68. The van der Waals surface area contributed by atoms with Gasteiger partial charge in [-0.1, -0.05) is 20.8 Å². The number of hydrogen-bond acceptors (Lipinski definition) is 3. The minimum Gasteiger partial charge on any atom is -0.356 e. The van der Waals surface area contributed by atoms with Gasteiger partial charge in [0.15, 0.2) is 0 Å². The van der Waals surface area contributed by atoms with Gasteiger partial charge < -0.3 is 16.0 Å². The zero-order chi connectivity index (χ0) is 13.3. The minimum absolute atomic E-state index is 0. The molecular weight excluding hydrogens is 285 g/mol. The molecule has 0 aromatic rings. The second kappa shape index (κ2) is 14.4. The molecule has 19 heavy (non-hydrogen) atoms. The van der Waals surface area contributed by atoms with E-state index < -0.39 is 0 Å². The molecule has 2 atom stereocenters. The molecular formula is C13H31Cl2N3O. The number of carbonyl (C=O) groups is 1. The minimum atomic E-state index is -0.0993. The van der Waals surface area contributed by atoms with Gasteiger partial charge in [0, 0.05) is 18.5 Å². The van der Waals surface area contributed by atoms with Crippen LogP contribution in [0.5, 0.6) is 0 Å². The van der Waals surface area contributed by atoms with Crippen molar-refractivity contribution in [3.63, 3.8) is 0 Å². The van der Waals surface area contributed by atoms with E-state index in [-0.39, 0.29) is 42.7 Å². The molecule has 1 amide bonds. The maximum Gasteiger partial charge on any atom is 0.224 e. The smallest absolute Gasteiger partial charge is 0.224 e. The number of nitrogens with two attached hydrogens (primary N) is 1. The van der Waals surface area contributed by atoms with Gasteiger partial charge in [-0.25, -0.2) is 0 Å². The van der Waals surface area contributed by atoms with Gasteiger partial charge in [-0.05, 0) is 39.4 Å². The summed E-state index contributed by atoms with van der Waals surface area (Å²) in [6.45, 7) is 12.2. The highest BCUT2D eigenvalue weighted by molar-refractivity contribution is 5.85. The second-order valence-electron chi connectivity index (χ2n) is 4.67. The number of unbranched alkanes of at least 4 members (excludes halogenated alkanes) is 1. The van der Waals surface area contributed by atoms with Crippen LogP contribution in [0.2, 0.25) is 0 Å². The summed E-state index contributed by atoms with van der Waals surface area (Å²) in [5, 5.41) is 2.94. The van der Waals surface area contributed by atoms with Gasteiger partial charge in [0.1, 0.15) is 0 Å². The highest BCUT2D eigenvalue weighted by Gasteiger charge is 2.15. The highest BCUT2D eigenvalue weighted by atomic mass is 35.5. The number of amides is 1. The molecule has 0 bridgehead atoms. The predicted molar refractivity (Wildman–Crippen MR) is 87.3 cm³/mol. The number of carbonyl (C=O) groups excluding carboxylic acids is 1. The van der Waals surface area contributed by atoms with Crippen molar-refractivity contribution in [2.24, 2.45) is 11.7 Å². The van der Waals surface area contributed by atoms with Crippen LogP contribution in [0.3, 0.4) is 0 Å². The summed E-state index contributed by atoms with van der Waals surface area (Å²) >= 11 is 0. The van der Waals surface area contributed by atoms with E-state index in [0.717, 1.165) is 39.0 Å². The van der Waals surface area contributed by atoms with Gasteiger partial charge in [0.2, 0.25) is 5.91 Å². The van der Waals surface area contributed by atoms with E-state index in [1.807, 2.05) is 13.8 Å². The van der Waals surface area contributed by atoms with Gasteiger partial charge in [-0.15, -0.1) is 24.8 Å². The van der Waals surface area contributed by atoms with Gasteiger partial charge in [0.05, 0.1) is 0 Å². The molecule has 0 aromatic heterocycles. The summed E-state index contributed by atoms with van der Waals surface area (Å²) in [6.07, 6.45) is 2.17. The Kier molecular flexibility index (Phi) is 18.2. The molecule has 2 unspecified atom stereocenters. The van der Waals surface area contributed by atoms with Crippen LogP contribution in [-0.2, 0) is 4.79 Å². The van der Waals surface area contributed by atoms with Crippen molar-refractivity contribution in [2.45, 2.75) is 46.6 Å². The number of nitrogens with zero attached hydrogens (tertiary/aromatic N) is 1. The number of hydrogen-bond donors (Lipinski definition) is 2. The average Bonchev–Trinajstić information content (AvgIpc) is 2.32. The lowest BCUT2D eigenvalue weighted by Gasteiger charge is -2.18. The summed E-state index contributed by atoms with van der Waals surface area (Å²) in [5.74, 6) is -0.0272. The van der Waals surface area contributed by atoms with E-state index in [1.165, 1.54) is 0 Å². The van der Waals surface area contributed by atoms with E-state index in [2.05, 4.69) is 24.1 Å². The van der Waals surface area contributed by atoms with Crippen molar-refractivity contribution in [3.05, 3.63) is 0 Å². The first-order valence-electron chi connectivity index (χ1n) is 6.78. The summed E-state index contributed by atoms with van der Waals surface area (Å²) < 4.78 is 0. The fourth-order valence-corrected chi connectivity index (χ4v) is 1.61. The van der Waals surface area contributed by atoms with Crippen molar-refractivity contribution < 1.29 is 4.79 Å². The first kappa shape index (κ1) is 24.0. The Labute approximate surface area is 130 Å². The molecule has 0 aliphatic rings. The van der Waals surface area contributed by atoms with Crippen LogP contribution in [0.4, 0.5) is 0 Å². The largest absolute Gasteiger partial charge is 0.356 e. The summed E-state index contributed by atoms with van der Waals surface area (Å²) in [6, 6.07) is -0.0781. The van der Waals surface area contributed by atoms with Gasteiger partial charge in [-0.3, -0.25) is 4.79 Å². The maximum atomic E-state index is 11.6. The van der Waals surface area contributed by atoms with Crippen molar-refractivity contribution in [2.75, 3.05) is 26.2 Å². The zero-order valence-electron chi connectivity index (χ0n) is 12.6. The predicted octanol–water partition coefficient (Wildman–Crippen LogP) is 2.05. The van der Waals surface area contributed by atoms with Crippen LogP contribution in [-0.4, -0.2) is 43.0 Å². The van der Waals surface area contributed by atoms with Crippen LogP contribution in [0.1, 0.15) is 40.5 Å². The molecule has 0 aliphatic heterocycles. The Hall–Kier alpha value is -0.0300. The first-order valence-corrected chi connectivity index (χ1v) is 6.78. The van der Waals surface area contributed by atoms with Crippen LogP contribution >= 0.6 is 24.8 Å². The second-order valence-corrected chi connectivity index (χ2v) is 4.67. The van der Waals surface area contributed by atoms with E-state index in [1.54, 1.807) is 0 Å². The van der Waals surface area contributed by atoms with E-state index >= 15 is 0 Å². The normalized spacial score (nSPS) is 13.2. The summed E-state index contributed by atoms with van der Waals surface area (Å²) in [7, 11) is 0. The fourth-order valence-electron chi connectivity index (χ4n) is 1.61. The van der Waals surface area contributed by atoms with E-state index in [4.69, 9.17) is 5.73 Å². The Balaban J connectivity index is -0.00000128. The molecule has 0 aromatic carbocycles. The van der Waals surface area contributed by atoms with E-state index in [9.17, 15) is 4.79 Å². The third-order valence-corrected chi connectivity index (χ3v) is 3.30. The molecule has 0 aliphatic carbocycles. The van der Waals surface area contributed by atoms with Crippen LogP contribution in [0.25, 0.3) is 0 Å². The Morgan fingerprint density at radius 1 is 1.16 bits per heavy atom. The zero-order valence-corrected chi connectivity index (χ0v) is 14.3. The average molecular weight is 316 g/mol. The Bertz CT molecular complexity index is 212. The van der Waals surface area contributed by atoms with Crippen molar-refractivity contribution in [1.29, 1.82) is 0 Å².